The minimum Gasteiger partial charge on any atom is -0.487 e. The van der Waals surface area contributed by atoms with Crippen LogP contribution in [-0.4, -0.2) is 33.3 Å². The van der Waals surface area contributed by atoms with E-state index in [-0.39, 0.29) is 5.91 Å². The number of carbonyl (C=O) groups excluding carboxylic acids is 1. The van der Waals surface area contributed by atoms with Crippen LogP contribution in [0.25, 0.3) is 5.65 Å². The predicted octanol–water partition coefficient (Wildman–Crippen LogP) is 4.87. The number of aromatic nitrogens is 2. The van der Waals surface area contributed by atoms with Crippen molar-refractivity contribution >= 4 is 11.6 Å². The average molecular weight is 404 g/mol. The zero-order valence-corrected chi connectivity index (χ0v) is 17.6. The number of nitrogens with zero attached hydrogens (tertiary/aromatic N) is 3. The Bertz CT molecular complexity index is 1040. The summed E-state index contributed by atoms with van der Waals surface area (Å²) in [7, 11) is 0. The van der Waals surface area contributed by atoms with Gasteiger partial charge in [0.1, 0.15) is 18.0 Å². The van der Waals surface area contributed by atoms with Gasteiger partial charge in [0.25, 0.3) is 5.91 Å². The molecule has 3 heterocycles. The third-order valence-electron chi connectivity index (χ3n) is 6.72. The minimum absolute atomic E-state index is 0.154. The maximum absolute atomic E-state index is 13.0. The molecular weight excluding hydrogens is 374 g/mol. The van der Waals surface area contributed by atoms with E-state index in [0.29, 0.717) is 12.5 Å². The van der Waals surface area contributed by atoms with Crippen molar-refractivity contribution in [3.63, 3.8) is 0 Å². The van der Waals surface area contributed by atoms with Gasteiger partial charge in [-0.25, -0.2) is 4.98 Å². The molecule has 2 fully saturated rings. The molecule has 1 amide bonds. The van der Waals surface area contributed by atoms with Gasteiger partial charge in [0.2, 0.25) is 0 Å². The second kappa shape index (κ2) is 8.13. The molecule has 1 saturated heterocycles. The SMILES string of the molecule is Cc1ccc2nc(COc3ccc(C(=O)N4CC[C@H]5CCCC[C@@H]5C4)cc3)cn2c1. The van der Waals surface area contributed by atoms with Crippen molar-refractivity contribution in [1.29, 1.82) is 0 Å². The van der Waals surface area contributed by atoms with Gasteiger partial charge in [0.05, 0.1) is 5.69 Å². The van der Waals surface area contributed by atoms with Gasteiger partial charge in [-0.3, -0.25) is 4.79 Å². The van der Waals surface area contributed by atoms with E-state index in [1.54, 1.807) is 0 Å². The predicted molar refractivity (Wildman–Crippen MR) is 117 cm³/mol. The number of benzene rings is 1. The van der Waals surface area contributed by atoms with Crippen LogP contribution in [-0.2, 0) is 6.61 Å². The Labute approximate surface area is 177 Å². The van der Waals surface area contributed by atoms with Crippen molar-refractivity contribution in [1.82, 2.24) is 14.3 Å². The van der Waals surface area contributed by atoms with Crippen LogP contribution < -0.4 is 4.74 Å². The van der Waals surface area contributed by atoms with Crippen LogP contribution in [0.5, 0.6) is 5.75 Å². The number of pyridine rings is 1. The largest absolute Gasteiger partial charge is 0.487 e. The highest BCUT2D eigenvalue weighted by molar-refractivity contribution is 5.94. The number of hydrogen-bond acceptors (Lipinski definition) is 3. The molecule has 5 heteroatoms. The van der Waals surface area contributed by atoms with Crippen LogP contribution in [0.3, 0.4) is 0 Å². The molecule has 3 aromatic rings. The summed E-state index contributed by atoms with van der Waals surface area (Å²) in [5.74, 6) is 2.45. The van der Waals surface area contributed by atoms with E-state index in [2.05, 4.69) is 29.1 Å². The number of hydrogen-bond donors (Lipinski definition) is 0. The zero-order valence-electron chi connectivity index (χ0n) is 17.6. The Balaban J connectivity index is 1.20. The number of rotatable bonds is 4. The molecule has 0 unspecified atom stereocenters. The fraction of sp³-hybridized carbons (Fsp3) is 0.440. The molecule has 2 aromatic heterocycles. The van der Waals surface area contributed by atoms with Gasteiger partial charge in [-0.05, 0) is 67.5 Å². The van der Waals surface area contributed by atoms with E-state index < -0.39 is 0 Å². The van der Waals surface area contributed by atoms with Crippen LogP contribution in [0.4, 0.5) is 0 Å². The fourth-order valence-electron chi connectivity index (χ4n) is 5.04. The van der Waals surface area contributed by atoms with E-state index in [1.807, 2.05) is 40.9 Å². The molecule has 1 aliphatic heterocycles. The lowest BCUT2D eigenvalue weighted by Crippen LogP contribution is -2.44. The van der Waals surface area contributed by atoms with Gasteiger partial charge in [0.15, 0.2) is 0 Å². The highest BCUT2D eigenvalue weighted by Crippen LogP contribution is 2.36. The molecule has 1 saturated carbocycles. The highest BCUT2D eigenvalue weighted by Gasteiger charge is 2.33. The summed E-state index contributed by atoms with van der Waals surface area (Å²) in [5.41, 5.74) is 3.75. The lowest BCUT2D eigenvalue weighted by Gasteiger charge is -2.41. The molecular formula is C25H29N3O2. The first-order valence-corrected chi connectivity index (χ1v) is 11.1. The Morgan fingerprint density at radius 3 is 2.67 bits per heavy atom. The van der Waals surface area contributed by atoms with Crippen molar-refractivity contribution in [3.8, 4) is 5.75 Å². The third-order valence-corrected chi connectivity index (χ3v) is 6.72. The first-order chi connectivity index (χ1) is 14.7. The monoisotopic (exact) mass is 403 g/mol. The van der Waals surface area contributed by atoms with Crippen LogP contribution in [0.1, 0.15) is 53.7 Å². The lowest BCUT2D eigenvalue weighted by molar-refractivity contribution is 0.0521. The summed E-state index contributed by atoms with van der Waals surface area (Å²) in [6.07, 6.45) is 10.5. The number of likely N-dealkylation sites (tertiary alicyclic amines) is 1. The van der Waals surface area contributed by atoms with E-state index in [1.165, 1.54) is 31.2 Å². The quantitative estimate of drug-likeness (QED) is 0.624. The molecule has 0 radical (unpaired) electrons. The number of imidazole rings is 1. The summed E-state index contributed by atoms with van der Waals surface area (Å²) in [4.78, 5) is 19.6. The first kappa shape index (κ1) is 19.2. The number of ether oxygens (including phenoxy) is 1. The topological polar surface area (TPSA) is 46.8 Å². The third kappa shape index (κ3) is 3.93. The normalized spacial score (nSPS) is 21.4. The smallest absolute Gasteiger partial charge is 0.253 e. The van der Waals surface area contributed by atoms with Gasteiger partial charge in [0, 0.05) is 31.0 Å². The fourth-order valence-corrected chi connectivity index (χ4v) is 5.04. The van der Waals surface area contributed by atoms with Crippen LogP contribution in [0, 0.1) is 18.8 Å². The van der Waals surface area contributed by atoms with Gasteiger partial charge >= 0.3 is 0 Å². The van der Waals surface area contributed by atoms with Crippen LogP contribution >= 0.6 is 0 Å². The Kier molecular flexibility index (Phi) is 5.19. The van der Waals surface area contributed by atoms with Crippen LogP contribution in [0.2, 0.25) is 0 Å². The van der Waals surface area contributed by atoms with E-state index in [9.17, 15) is 4.79 Å². The summed E-state index contributed by atoms with van der Waals surface area (Å²) >= 11 is 0. The Morgan fingerprint density at radius 2 is 1.83 bits per heavy atom. The molecule has 5 nitrogen and oxygen atoms in total. The molecule has 0 bridgehead atoms. The molecule has 0 N–H and O–H groups in total. The maximum atomic E-state index is 13.0. The number of aryl methyl sites for hydroxylation is 1. The number of carbonyl (C=O) groups is 1. The van der Waals surface area contributed by atoms with Gasteiger partial charge in [-0.15, -0.1) is 0 Å². The average Bonchev–Trinajstić information content (AvgIpc) is 3.19. The molecule has 1 aliphatic carbocycles. The number of amides is 1. The highest BCUT2D eigenvalue weighted by atomic mass is 16.5. The van der Waals surface area contributed by atoms with E-state index >= 15 is 0 Å². The molecule has 2 atom stereocenters. The second-order valence-electron chi connectivity index (χ2n) is 8.86. The number of fused-ring (bicyclic) bond motifs is 2. The minimum atomic E-state index is 0.154. The summed E-state index contributed by atoms with van der Waals surface area (Å²) < 4.78 is 7.92. The van der Waals surface area contributed by atoms with Crippen molar-refractivity contribution in [3.05, 3.63) is 65.6 Å². The standard InChI is InChI=1S/C25H29N3O2/c1-18-6-11-24-26-22(16-28(24)14-18)17-30-23-9-7-20(8-10-23)25(29)27-13-12-19-4-2-3-5-21(19)15-27/h6-11,14,16,19,21H,2-5,12-13,15,17H2,1H3/t19-,21-/m1/s1. The first-order valence-electron chi connectivity index (χ1n) is 11.1. The molecule has 156 valence electrons. The van der Waals surface area contributed by atoms with Crippen LogP contribution in [0.15, 0.2) is 48.8 Å². The summed E-state index contributed by atoms with van der Waals surface area (Å²) in [5, 5.41) is 0. The molecule has 5 rings (SSSR count). The number of piperidine rings is 1. The zero-order chi connectivity index (χ0) is 20.5. The van der Waals surface area contributed by atoms with Crippen molar-refractivity contribution in [2.75, 3.05) is 13.1 Å². The molecule has 1 aromatic carbocycles. The molecule has 0 spiro atoms. The maximum Gasteiger partial charge on any atom is 0.253 e. The van der Waals surface area contributed by atoms with Gasteiger partial charge < -0.3 is 14.0 Å². The second-order valence-corrected chi connectivity index (χ2v) is 8.86. The summed E-state index contributed by atoms with van der Waals surface area (Å²) in [6, 6.07) is 11.6. The molecule has 2 aliphatic rings. The molecule has 30 heavy (non-hydrogen) atoms. The van der Waals surface area contributed by atoms with Crippen molar-refractivity contribution in [2.45, 2.75) is 45.6 Å². The van der Waals surface area contributed by atoms with Gasteiger partial charge in [-0.1, -0.05) is 25.3 Å². The summed E-state index contributed by atoms with van der Waals surface area (Å²) in [6.45, 7) is 4.29. The van der Waals surface area contributed by atoms with Crippen molar-refractivity contribution < 1.29 is 9.53 Å². The van der Waals surface area contributed by atoms with Gasteiger partial charge in [-0.2, -0.15) is 0 Å². The van der Waals surface area contributed by atoms with Crippen molar-refractivity contribution in [2.24, 2.45) is 11.8 Å². The lowest BCUT2D eigenvalue weighted by atomic mass is 9.75. The Hall–Kier alpha value is -2.82. The van der Waals surface area contributed by atoms with E-state index in [0.717, 1.165) is 48.1 Å². The Morgan fingerprint density at radius 1 is 1.03 bits per heavy atom. The van der Waals surface area contributed by atoms with E-state index in [4.69, 9.17) is 4.74 Å².